The Hall–Kier alpha value is -2.64. The van der Waals surface area contributed by atoms with Crippen LogP contribution in [-0.4, -0.2) is 22.6 Å². The Bertz CT molecular complexity index is 657. The second-order valence-electron chi connectivity index (χ2n) is 4.43. The van der Waals surface area contributed by atoms with E-state index in [9.17, 15) is 4.79 Å². The van der Waals surface area contributed by atoms with Crippen molar-refractivity contribution in [3.63, 3.8) is 0 Å². The third-order valence-corrected chi connectivity index (χ3v) is 2.80. The summed E-state index contributed by atoms with van der Waals surface area (Å²) in [6, 6.07) is 13.1. The fourth-order valence-corrected chi connectivity index (χ4v) is 1.83. The zero-order chi connectivity index (χ0) is 14.9. The number of carbonyl (C=O) groups excluding carboxylic acids is 1. The minimum atomic E-state index is -0.162. The van der Waals surface area contributed by atoms with Gasteiger partial charge in [-0.3, -0.25) is 9.78 Å². The third kappa shape index (κ3) is 5.09. The summed E-state index contributed by atoms with van der Waals surface area (Å²) in [7, 11) is 0. The van der Waals surface area contributed by atoms with Gasteiger partial charge in [-0.25, -0.2) is 0 Å². The molecule has 1 heterocycles. The molecule has 0 fully saturated rings. The van der Waals surface area contributed by atoms with Crippen molar-refractivity contribution in [1.82, 2.24) is 10.3 Å². The summed E-state index contributed by atoms with van der Waals surface area (Å²) in [6.45, 7) is 0.283. The van der Waals surface area contributed by atoms with Crippen molar-refractivity contribution >= 4 is 5.91 Å². The maximum Gasteiger partial charge on any atom is 0.226 e. The molecule has 0 atom stereocenters. The number of pyridine rings is 1. The number of aromatic nitrogens is 1. The van der Waals surface area contributed by atoms with E-state index >= 15 is 0 Å². The SMILES string of the molecule is O=C(Cc1ccccn1)NCc1cccc(C#CCO)c1. The lowest BCUT2D eigenvalue weighted by molar-refractivity contribution is -0.120. The molecule has 0 saturated carbocycles. The zero-order valence-corrected chi connectivity index (χ0v) is 11.5. The van der Waals surface area contributed by atoms with E-state index in [1.807, 2.05) is 42.5 Å². The van der Waals surface area contributed by atoms with E-state index in [1.54, 1.807) is 6.20 Å². The third-order valence-electron chi connectivity index (χ3n) is 2.80. The van der Waals surface area contributed by atoms with Crippen LogP contribution in [0.4, 0.5) is 0 Å². The lowest BCUT2D eigenvalue weighted by Crippen LogP contribution is -2.24. The first-order valence-corrected chi connectivity index (χ1v) is 6.63. The number of hydrogen-bond donors (Lipinski definition) is 2. The number of nitrogens with zero attached hydrogens (tertiary/aromatic N) is 1. The Morgan fingerprint density at radius 1 is 1.24 bits per heavy atom. The molecule has 4 nitrogen and oxygen atoms in total. The van der Waals surface area contributed by atoms with Gasteiger partial charge in [0, 0.05) is 24.0 Å². The fourth-order valence-electron chi connectivity index (χ4n) is 1.83. The quantitative estimate of drug-likeness (QED) is 0.829. The summed E-state index contributed by atoms with van der Waals surface area (Å²) in [5.74, 6) is 5.37. The fraction of sp³-hybridized carbons (Fsp3) is 0.176. The van der Waals surface area contributed by atoms with Gasteiger partial charge < -0.3 is 10.4 Å². The van der Waals surface area contributed by atoms with Gasteiger partial charge in [-0.2, -0.15) is 0 Å². The molecule has 2 aromatic rings. The molecule has 2 N–H and O–H groups in total. The molecule has 21 heavy (non-hydrogen) atoms. The average molecular weight is 280 g/mol. The minimum Gasteiger partial charge on any atom is -0.384 e. The Morgan fingerprint density at radius 3 is 2.90 bits per heavy atom. The van der Waals surface area contributed by atoms with Crippen molar-refractivity contribution in [3.05, 3.63) is 65.5 Å². The normalized spacial score (nSPS) is 9.57. The summed E-state index contributed by atoms with van der Waals surface area (Å²) in [5, 5.41) is 11.5. The number of aliphatic hydroxyl groups is 1. The van der Waals surface area contributed by atoms with E-state index < -0.39 is 0 Å². The molecule has 0 unspecified atom stereocenters. The van der Waals surface area contributed by atoms with Crippen molar-refractivity contribution in [2.24, 2.45) is 0 Å². The Kier molecular flexibility index (Phi) is 5.50. The molecule has 0 bridgehead atoms. The van der Waals surface area contributed by atoms with Crippen LogP contribution in [0, 0.1) is 11.8 Å². The Morgan fingerprint density at radius 2 is 2.14 bits per heavy atom. The highest BCUT2D eigenvalue weighted by Gasteiger charge is 2.04. The molecule has 106 valence electrons. The number of nitrogens with one attached hydrogen (secondary N) is 1. The van der Waals surface area contributed by atoms with Crippen LogP contribution in [-0.2, 0) is 17.8 Å². The molecule has 2 rings (SSSR count). The van der Waals surface area contributed by atoms with E-state index in [-0.39, 0.29) is 18.9 Å². The number of aliphatic hydroxyl groups excluding tert-OH is 1. The maximum absolute atomic E-state index is 11.8. The van der Waals surface area contributed by atoms with Crippen LogP contribution in [0.15, 0.2) is 48.7 Å². The van der Waals surface area contributed by atoms with Crippen molar-refractivity contribution < 1.29 is 9.90 Å². The van der Waals surface area contributed by atoms with Gasteiger partial charge in [0.1, 0.15) is 6.61 Å². The second-order valence-corrected chi connectivity index (χ2v) is 4.43. The van der Waals surface area contributed by atoms with Crippen LogP contribution in [0.5, 0.6) is 0 Å². The molecular weight excluding hydrogens is 264 g/mol. The van der Waals surface area contributed by atoms with Crippen LogP contribution in [0.2, 0.25) is 0 Å². The molecule has 0 spiro atoms. The zero-order valence-electron chi connectivity index (χ0n) is 11.5. The maximum atomic E-state index is 11.8. The number of rotatable bonds is 4. The lowest BCUT2D eigenvalue weighted by atomic mass is 10.1. The van der Waals surface area contributed by atoms with Crippen LogP contribution >= 0.6 is 0 Å². The molecule has 1 aromatic heterocycles. The molecule has 4 heteroatoms. The Balaban J connectivity index is 1.89. The Labute approximate surface area is 123 Å². The van der Waals surface area contributed by atoms with Gasteiger partial charge in [-0.1, -0.05) is 30.0 Å². The summed E-state index contributed by atoms with van der Waals surface area (Å²) in [6.07, 6.45) is 1.94. The standard InChI is InChI=1S/C17H16N2O2/c20-10-4-7-14-5-3-6-15(11-14)13-19-17(21)12-16-8-1-2-9-18-16/h1-3,5-6,8-9,11,20H,10,12-13H2,(H,19,21). The van der Waals surface area contributed by atoms with E-state index in [0.29, 0.717) is 6.54 Å². The van der Waals surface area contributed by atoms with Crippen LogP contribution in [0.25, 0.3) is 0 Å². The number of amides is 1. The van der Waals surface area contributed by atoms with Crippen LogP contribution < -0.4 is 5.32 Å². The molecule has 0 aliphatic heterocycles. The van der Waals surface area contributed by atoms with E-state index in [4.69, 9.17) is 5.11 Å². The van der Waals surface area contributed by atoms with E-state index in [2.05, 4.69) is 22.1 Å². The molecule has 0 radical (unpaired) electrons. The highest BCUT2D eigenvalue weighted by molar-refractivity contribution is 5.78. The highest BCUT2D eigenvalue weighted by atomic mass is 16.2. The molecule has 0 aliphatic carbocycles. The van der Waals surface area contributed by atoms with E-state index in [0.717, 1.165) is 16.8 Å². The van der Waals surface area contributed by atoms with Gasteiger partial charge in [0.05, 0.1) is 6.42 Å². The molecule has 1 aromatic carbocycles. The first-order chi connectivity index (χ1) is 10.3. The van der Waals surface area contributed by atoms with Crippen molar-refractivity contribution in [2.75, 3.05) is 6.61 Å². The highest BCUT2D eigenvalue weighted by Crippen LogP contribution is 2.04. The van der Waals surface area contributed by atoms with Gasteiger partial charge in [-0.15, -0.1) is 0 Å². The first kappa shape index (κ1) is 14.8. The predicted molar refractivity (Wildman–Crippen MR) is 80.2 cm³/mol. The van der Waals surface area contributed by atoms with Crippen LogP contribution in [0.3, 0.4) is 0 Å². The average Bonchev–Trinajstić information content (AvgIpc) is 2.52. The minimum absolute atomic E-state index is 0.0689. The summed E-state index contributed by atoms with van der Waals surface area (Å²) in [5.41, 5.74) is 2.53. The number of carbonyl (C=O) groups is 1. The first-order valence-electron chi connectivity index (χ1n) is 6.63. The van der Waals surface area contributed by atoms with Crippen molar-refractivity contribution in [3.8, 4) is 11.8 Å². The van der Waals surface area contributed by atoms with Gasteiger partial charge in [-0.05, 0) is 29.8 Å². The predicted octanol–water partition coefficient (Wildman–Crippen LogP) is 1.28. The molecule has 1 amide bonds. The van der Waals surface area contributed by atoms with E-state index in [1.165, 1.54) is 0 Å². The monoisotopic (exact) mass is 280 g/mol. The summed E-state index contributed by atoms with van der Waals surface area (Å²) >= 11 is 0. The summed E-state index contributed by atoms with van der Waals surface area (Å²) in [4.78, 5) is 15.9. The lowest BCUT2D eigenvalue weighted by Gasteiger charge is -2.05. The van der Waals surface area contributed by atoms with Gasteiger partial charge in [0.15, 0.2) is 0 Å². The van der Waals surface area contributed by atoms with Gasteiger partial charge >= 0.3 is 0 Å². The van der Waals surface area contributed by atoms with Gasteiger partial charge in [0.25, 0.3) is 0 Å². The van der Waals surface area contributed by atoms with Crippen molar-refractivity contribution in [1.29, 1.82) is 0 Å². The smallest absolute Gasteiger partial charge is 0.226 e. The molecular formula is C17H16N2O2. The molecule has 0 saturated heterocycles. The summed E-state index contributed by atoms with van der Waals surface area (Å²) < 4.78 is 0. The van der Waals surface area contributed by atoms with Crippen molar-refractivity contribution in [2.45, 2.75) is 13.0 Å². The largest absolute Gasteiger partial charge is 0.384 e. The topological polar surface area (TPSA) is 62.2 Å². The van der Waals surface area contributed by atoms with Crippen LogP contribution in [0.1, 0.15) is 16.8 Å². The number of hydrogen-bond acceptors (Lipinski definition) is 3. The van der Waals surface area contributed by atoms with Gasteiger partial charge in [0.2, 0.25) is 5.91 Å². The number of benzene rings is 1. The second kappa shape index (κ2) is 7.83. The molecule has 0 aliphatic rings.